The van der Waals surface area contributed by atoms with Crippen LogP contribution in [-0.2, 0) is 13.2 Å². The minimum atomic E-state index is 0.0713. The Labute approximate surface area is 121 Å². The number of hydrogen-bond acceptors (Lipinski definition) is 3. The third kappa shape index (κ3) is 4.42. The van der Waals surface area contributed by atoms with Gasteiger partial charge >= 0.3 is 0 Å². The standard InChI is InChI=1S/C17H23NO2/c1-13-5-7-15(8-6-13)20-12-14-9-10-19-16(14)11-18-17(2,3)4/h5-10,18H,11-12H2,1-4H3. The second-order valence-electron chi connectivity index (χ2n) is 6.07. The van der Waals surface area contributed by atoms with Gasteiger partial charge in [-0.05, 0) is 45.9 Å². The fourth-order valence-corrected chi connectivity index (χ4v) is 1.79. The quantitative estimate of drug-likeness (QED) is 0.892. The van der Waals surface area contributed by atoms with Gasteiger partial charge in [0, 0.05) is 11.1 Å². The van der Waals surface area contributed by atoms with Crippen LogP contribution in [0.3, 0.4) is 0 Å². The molecule has 0 fully saturated rings. The lowest BCUT2D eigenvalue weighted by atomic mass is 10.1. The van der Waals surface area contributed by atoms with Gasteiger partial charge in [0.15, 0.2) is 0 Å². The number of aryl methyl sites for hydroxylation is 1. The van der Waals surface area contributed by atoms with E-state index in [0.29, 0.717) is 13.2 Å². The molecule has 1 heterocycles. The maximum Gasteiger partial charge on any atom is 0.124 e. The maximum atomic E-state index is 5.79. The van der Waals surface area contributed by atoms with Crippen LogP contribution in [0.15, 0.2) is 41.0 Å². The van der Waals surface area contributed by atoms with Crippen molar-refractivity contribution in [1.82, 2.24) is 5.32 Å². The van der Waals surface area contributed by atoms with E-state index in [-0.39, 0.29) is 5.54 Å². The molecular weight excluding hydrogens is 250 g/mol. The zero-order chi connectivity index (χ0) is 14.6. The van der Waals surface area contributed by atoms with Gasteiger partial charge < -0.3 is 14.5 Å². The summed E-state index contributed by atoms with van der Waals surface area (Å²) >= 11 is 0. The van der Waals surface area contributed by atoms with Gasteiger partial charge in [-0.3, -0.25) is 0 Å². The molecular formula is C17H23NO2. The molecule has 0 radical (unpaired) electrons. The van der Waals surface area contributed by atoms with Crippen LogP contribution in [0.1, 0.15) is 37.7 Å². The molecule has 2 rings (SSSR count). The zero-order valence-electron chi connectivity index (χ0n) is 12.7. The number of ether oxygens (including phenoxy) is 1. The van der Waals surface area contributed by atoms with Crippen molar-refractivity contribution in [3.8, 4) is 5.75 Å². The Balaban J connectivity index is 1.93. The Morgan fingerprint density at radius 3 is 2.45 bits per heavy atom. The number of benzene rings is 1. The Hall–Kier alpha value is -1.74. The van der Waals surface area contributed by atoms with E-state index in [1.54, 1.807) is 6.26 Å². The van der Waals surface area contributed by atoms with Crippen LogP contribution < -0.4 is 10.1 Å². The summed E-state index contributed by atoms with van der Waals surface area (Å²) in [6.07, 6.45) is 1.72. The highest BCUT2D eigenvalue weighted by Crippen LogP contribution is 2.17. The van der Waals surface area contributed by atoms with Gasteiger partial charge in [-0.25, -0.2) is 0 Å². The summed E-state index contributed by atoms with van der Waals surface area (Å²) in [5, 5.41) is 3.42. The molecule has 0 atom stereocenters. The molecule has 3 nitrogen and oxygen atoms in total. The van der Waals surface area contributed by atoms with Crippen LogP contribution in [0.25, 0.3) is 0 Å². The Morgan fingerprint density at radius 2 is 1.80 bits per heavy atom. The molecule has 2 aromatic rings. The predicted molar refractivity (Wildman–Crippen MR) is 80.8 cm³/mol. The Kier molecular flexibility index (Phi) is 4.50. The molecule has 0 saturated carbocycles. The first-order chi connectivity index (χ1) is 9.44. The van der Waals surface area contributed by atoms with Gasteiger partial charge in [-0.2, -0.15) is 0 Å². The van der Waals surface area contributed by atoms with Crippen molar-refractivity contribution < 1.29 is 9.15 Å². The van der Waals surface area contributed by atoms with E-state index in [4.69, 9.17) is 9.15 Å². The molecule has 3 heteroatoms. The van der Waals surface area contributed by atoms with Crippen molar-refractivity contribution in [3.05, 3.63) is 53.5 Å². The number of nitrogens with one attached hydrogen (secondary N) is 1. The second-order valence-corrected chi connectivity index (χ2v) is 6.07. The van der Waals surface area contributed by atoms with Crippen LogP contribution in [0, 0.1) is 6.92 Å². The highest BCUT2D eigenvalue weighted by atomic mass is 16.5. The molecule has 0 aliphatic carbocycles. The summed E-state index contributed by atoms with van der Waals surface area (Å²) in [7, 11) is 0. The predicted octanol–water partition coefficient (Wildman–Crippen LogP) is 4.06. The van der Waals surface area contributed by atoms with Gasteiger partial charge in [-0.1, -0.05) is 17.7 Å². The molecule has 108 valence electrons. The topological polar surface area (TPSA) is 34.4 Å². The molecule has 20 heavy (non-hydrogen) atoms. The van der Waals surface area contributed by atoms with Crippen molar-refractivity contribution in [2.24, 2.45) is 0 Å². The fourth-order valence-electron chi connectivity index (χ4n) is 1.79. The first kappa shape index (κ1) is 14.7. The third-order valence-electron chi connectivity index (χ3n) is 3.03. The van der Waals surface area contributed by atoms with Crippen LogP contribution >= 0.6 is 0 Å². The third-order valence-corrected chi connectivity index (χ3v) is 3.03. The van der Waals surface area contributed by atoms with Crippen molar-refractivity contribution in [2.45, 2.75) is 46.4 Å². The van der Waals surface area contributed by atoms with E-state index in [1.165, 1.54) is 5.56 Å². The molecule has 1 aromatic heterocycles. The lowest BCUT2D eigenvalue weighted by molar-refractivity contribution is 0.299. The average molecular weight is 273 g/mol. The summed E-state index contributed by atoms with van der Waals surface area (Å²) in [6, 6.07) is 10.0. The maximum absolute atomic E-state index is 5.79. The Morgan fingerprint density at radius 1 is 1.10 bits per heavy atom. The largest absolute Gasteiger partial charge is 0.489 e. The normalized spacial score (nSPS) is 11.6. The lowest BCUT2D eigenvalue weighted by Gasteiger charge is -2.20. The molecule has 0 aliphatic rings. The summed E-state index contributed by atoms with van der Waals surface area (Å²) in [5.41, 5.74) is 2.39. The molecule has 0 spiro atoms. The smallest absolute Gasteiger partial charge is 0.124 e. The van der Waals surface area contributed by atoms with Crippen molar-refractivity contribution in [3.63, 3.8) is 0 Å². The minimum Gasteiger partial charge on any atom is -0.489 e. The molecule has 0 saturated heterocycles. The molecule has 0 aliphatic heterocycles. The van der Waals surface area contributed by atoms with Crippen molar-refractivity contribution >= 4 is 0 Å². The van der Waals surface area contributed by atoms with Gasteiger partial charge in [-0.15, -0.1) is 0 Å². The summed E-state index contributed by atoms with van der Waals surface area (Å²) in [6.45, 7) is 9.72. The monoisotopic (exact) mass is 273 g/mol. The van der Waals surface area contributed by atoms with Crippen molar-refractivity contribution in [1.29, 1.82) is 0 Å². The van der Waals surface area contributed by atoms with Crippen LogP contribution in [0.2, 0.25) is 0 Å². The fraction of sp³-hybridized carbons (Fsp3) is 0.412. The van der Waals surface area contributed by atoms with E-state index < -0.39 is 0 Å². The van der Waals surface area contributed by atoms with E-state index in [1.807, 2.05) is 30.3 Å². The van der Waals surface area contributed by atoms with Gasteiger partial charge in [0.25, 0.3) is 0 Å². The van der Waals surface area contributed by atoms with E-state index in [0.717, 1.165) is 17.1 Å². The van der Waals surface area contributed by atoms with Crippen LogP contribution in [0.5, 0.6) is 5.75 Å². The highest BCUT2D eigenvalue weighted by molar-refractivity contribution is 5.27. The van der Waals surface area contributed by atoms with Gasteiger partial charge in [0.2, 0.25) is 0 Å². The number of hydrogen-bond donors (Lipinski definition) is 1. The lowest BCUT2D eigenvalue weighted by Crippen LogP contribution is -2.35. The number of furan rings is 1. The highest BCUT2D eigenvalue weighted by Gasteiger charge is 2.12. The first-order valence-electron chi connectivity index (χ1n) is 6.94. The molecule has 1 aromatic carbocycles. The number of rotatable bonds is 5. The Bertz CT molecular complexity index is 535. The average Bonchev–Trinajstić information content (AvgIpc) is 2.82. The molecule has 0 amide bonds. The van der Waals surface area contributed by atoms with E-state index in [2.05, 4.69) is 33.0 Å². The second kappa shape index (κ2) is 6.14. The van der Waals surface area contributed by atoms with E-state index >= 15 is 0 Å². The first-order valence-corrected chi connectivity index (χ1v) is 6.94. The van der Waals surface area contributed by atoms with Crippen LogP contribution in [-0.4, -0.2) is 5.54 Å². The summed E-state index contributed by atoms with van der Waals surface area (Å²) in [5.74, 6) is 1.82. The van der Waals surface area contributed by atoms with E-state index in [9.17, 15) is 0 Å². The van der Waals surface area contributed by atoms with Gasteiger partial charge in [0.1, 0.15) is 18.1 Å². The molecule has 1 N–H and O–H groups in total. The summed E-state index contributed by atoms with van der Waals surface area (Å²) < 4.78 is 11.3. The summed E-state index contributed by atoms with van der Waals surface area (Å²) in [4.78, 5) is 0. The molecule has 0 unspecified atom stereocenters. The van der Waals surface area contributed by atoms with Crippen LogP contribution in [0.4, 0.5) is 0 Å². The SMILES string of the molecule is Cc1ccc(OCc2ccoc2CNC(C)(C)C)cc1. The van der Waals surface area contributed by atoms with Crippen molar-refractivity contribution in [2.75, 3.05) is 0 Å². The zero-order valence-corrected chi connectivity index (χ0v) is 12.7. The molecule has 0 bridgehead atoms. The minimum absolute atomic E-state index is 0.0713. The van der Waals surface area contributed by atoms with Gasteiger partial charge in [0.05, 0.1) is 12.8 Å².